The van der Waals surface area contributed by atoms with Crippen LogP contribution < -0.4 is 0 Å². The van der Waals surface area contributed by atoms with Gasteiger partial charge < -0.3 is 25.3 Å². The van der Waals surface area contributed by atoms with Gasteiger partial charge in [0.15, 0.2) is 0 Å². The van der Waals surface area contributed by atoms with Gasteiger partial charge in [0.2, 0.25) is 0 Å². The Balaban J connectivity index is 0.000000640. The molecule has 0 spiro atoms. The Morgan fingerprint density at radius 1 is 0.778 bits per heavy atom. The molecule has 0 aliphatic carbocycles. The third kappa shape index (κ3) is 2.93. The van der Waals surface area contributed by atoms with Crippen LogP contribution in [0.15, 0.2) is 10.3 Å². The summed E-state index contributed by atoms with van der Waals surface area (Å²) in [5.74, 6) is 0. The smallest absolute Gasteiger partial charge is 0.736 e. The minimum atomic E-state index is 0. The molecule has 1 aromatic heterocycles. The zero-order valence-electron chi connectivity index (χ0n) is 3.92. The molecular formula is C2N4PtS2. The molecule has 0 saturated heterocycles. The van der Waals surface area contributed by atoms with Crippen LogP contribution in [0.5, 0.6) is 0 Å². The van der Waals surface area contributed by atoms with E-state index in [-0.39, 0.29) is 31.4 Å². The van der Waals surface area contributed by atoms with Crippen molar-refractivity contribution in [3.63, 3.8) is 0 Å². The van der Waals surface area contributed by atoms with E-state index < -0.39 is 0 Å². The molecule has 4 nitrogen and oxygen atoms in total. The van der Waals surface area contributed by atoms with Crippen molar-refractivity contribution in [2.45, 2.75) is 10.3 Å². The molecule has 9 heavy (non-hydrogen) atoms. The molecule has 0 aliphatic rings. The van der Waals surface area contributed by atoms with Crippen LogP contribution in [0, 0.1) is 0 Å². The predicted octanol–water partition coefficient (Wildman–Crippen LogP) is -0.924. The van der Waals surface area contributed by atoms with Crippen molar-refractivity contribution in [1.82, 2.24) is 20.4 Å². The van der Waals surface area contributed by atoms with Crippen LogP contribution in [-0.4, -0.2) is 20.4 Å². The van der Waals surface area contributed by atoms with Crippen molar-refractivity contribution < 1.29 is 21.1 Å². The first-order valence-corrected chi connectivity index (χ1v) is 2.52. The molecule has 0 saturated carbocycles. The molecule has 7 heteroatoms. The summed E-state index contributed by atoms with van der Waals surface area (Å²) < 4.78 is 0. The topological polar surface area (TPSA) is 51.6 Å². The quantitative estimate of drug-likeness (QED) is 0.570. The molecule has 1 aromatic rings. The minimum absolute atomic E-state index is 0. The van der Waals surface area contributed by atoms with Gasteiger partial charge in [-0.1, -0.05) is 0 Å². The van der Waals surface area contributed by atoms with Crippen LogP contribution in [0.3, 0.4) is 0 Å². The Hall–Kier alpha value is 0.0683. The number of hydrogen-bond donors (Lipinski definition) is 0. The fraction of sp³-hybridized carbons (Fsp3) is 0. The predicted molar refractivity (Wildman–Crippen MR) is 28.9 cm³/mol. The molecule has 0 bridgehead atoms. The van der Waals surface area contributed by atoms with Crippen molar-refractivity contribution in [3.8, 4) is 0 Å². The van der Waals surface area contributed by atoms with Gasteiger partial charge in [0.1, 0.15) is 0 Å². The molecule has 0 unspecified atom stereocenters. The fourth-order valence-electron chi connectivity index (χ4n) is 0.211. The van der Waals surface area contributed by atoms with Gasteiger partial charge in [-0.15, -0.1) is 0 Å². The van der Waals surface area contributed by atoms with Gasteiger partial charge in [-0.25, -0.2) is 0 Å². The summed E-state index contributed by atoms with van der Waals surface area (Å²) in [4.78, 5) is 0. The van der Waals surface area contributed by atoms with E-state index in [9.17, 15) is 0 Å². The summed E-state index contributed by atoms with van der Waals surface area (Å²) in [6, 6.07) is 0. The summed E-state index contributed by atoms with van der Waals surface area (Å²) >= 11 is 8.96. The zero-order valence-corrected chi connectivity index (χ0v) is 7.83. The molecule has 0 atom stereocenters. The van der Waals surface area contributed by atoms with Crippen molar-refractivity contribution in [2.75, 3.05) is 0 Å². The van der Waals surface area contributed by atoms with Gasteiger partial charge in [0.05, 0.1) is 10.3 Å². The molecule has 0 fully saturated rings. The van der Waals surface area contributed by atoms with Crippen molar-refractivity contribution in [2.24, 2.45) is 0 Å². The van der Waals surface area contributed by atoms with E-state index in [4.69, 9.17) is 0 Å². The molecule has 0 radical (unpaired) electrons. The van der Waals surface area contributed by atoms with Crippen molar-refractivity contribution in [3.05, 3.63) is 0 Å². The second-order valence-electron chi connectivity index (χ2n) is 0.965. The molecular weight excluding hydrogens is 339 g/mol. The van der Waals surface area contributed by atoms with Gasteiger partial charge in [0, 0.05) is 0 Å². The van der Waals surface area contributed by atoms with Gasteiger partial charge in [0.25, 0.3) is 0 Å². The van der Waals surface area contributed by atoms with E-state index in [0.717, 1.165) is 0 Å². The van der Waals surface area contributed by atoms with E-state index in [1.807, 2.05) is 0 Å². The van der Waals surface area contributed by atoms with Crippen LogP contribution in [0.25, 0.3) is 0 Å². The number of hydrogen-bond acceptors (Lipinski definition) is 6. The van der Waals surface area contributed by atoms with Crippen LogP contribution in [0.2, 0.25) is 0 Å². The van der Waals surface area contributed by atoms with E-state index in [1.54, 1.807) is 0 Å². The summed E-state index contributed by atoms with van der Waals surface area (Å²) in [5, 5.41) is 13.7. The second kappa shape index (κ2) is 3.98. The van der Waals surface area contributed by atoms with E-state index in [1.165, 1.54) is 0 Å². The van der Waals surface area contributed by atoms with Crippen LogP contribution >= 0.6 is 0 Å². The van der Waals surface area contributed by atoms with Crippen molar-refractivity contribution >= 4 is 25.3 Å². The summed E-state index contributed by atoms with van der Waals surface area (Å²) in [6.45, 7) is 0. The van der Waals surface area contributed by atoms with E-state index in [2.05, 4.69) is 45.7 Å². The first kappa shape index (κ1) is 9.07. The van der Waals surface area contributed by atoms with Crippen LogP contribution in [0.4, 0.5) is 0 Å². The average molecular weight is 339 g/mol. The first-order valence-electron chi connectivity index (χ1n) is 1.70. The maximum atomic E-state index is 4.48. The van der Waals surface area contributed by atoms with Gasteiger partial charge in [-0.3, -0.25) is 0 Å². The Bertz CT molecular complexity index is 155. The summed E-state index contributed by atoms with van der Waals surface area (Å²) in [7, 11) is 0. The first-order chi connectivity index (χ1) is 3.79. The van der Waals surface area contributed by atoms with Crippen LogP contribution in [0.1, 0.15) is 0 Å². The summed E-state index contributed by atoms with van der Waals surface area (Å²) in [5.41, 5.74) is 0. The normalized spacial score (nSPS) is 8.00. The van der Waals surface area contributed by atoms with Gasteiger partial charge in [-0.2, -0.15) is 20.4 Å². The Morgan fingerprint density at radius 2 is 1.00 bits per heavy atom. The monoisotopic (exact) mass is 339 g/mol. The SMILES string of the molecule is [Pt+2].[S-]c1nnc([S-])nn1. The average Bonchev–Trinajstić information content (AvgIpc) is 1.77. The minimum Gasteiger partial charge on any atom is -0.736 e. The number of rotatable bonds is 0. The molecule has 0 amide bonds. The number of aromatic nitrogens is 4. The third-order valence-corrected chi connectivity index (χ3v) is 0.769. The molecule has 1 rings (SSSR count). The van der Waals surface area contributed by atoms with Gasteiger partial charge in [-0.05, 0) is 0 Å². The molecule has 50 valence electrons. The maximum absolute atomic E-state index is 4.48. The van der Waals surface area contributed by atoms with Gasteiger partial charge >= 0.3 is 21.1 Å². The summed E-state index contributed by atoms with van der Waals surface area (Å²) in [6.07, 6.45) is 0. The van der Waals surface area contributed by atoms with E-state index >= 15 is 0 Å². The Morgan fingerprint density at radius 3 is 1.22 bits per heavy atom. The maximum Gasteiger partial charge on any atom is 2.00 e. The Kier molecular flexibility index (Phi) is 4.01. The zero-order chi connectivity index (χ0) is 5.98. The molecule has 0 aliphatic heterocycles. The molecule has 0 N–H and O–H groups in total. The molecule has 1 heterocycles. The standard InChI is InChI=1S/C2H2N4S2.Pt/c7-1-3-5-2(8)6-4-1;/h(H,3,4,7)(H,5,6,8);/q;+2/p-2. The number of nitrogens with zero attached hydrogens (tertiary/aromatic N) is 4. The van der Waals surface area contributed by atoms with E-state index in [0.29, 0.717) is 0 Å². The largest absolute Gasteiger partial charge is 2.00 e. The molecule has 0 aromatic carbocycles. The van der Waals surface area contributed by atoms with Crippen LogP contribution in [-0.2, 0) is 46.3 Å². The second-order valence-corrected chi connectivity index (χ2v) is 1.70. The Labute approximate surface area is 76.9 Å². The fourth-order valence-corrected chi connectivity index (χ4v) is 0.374. The van der Waals surface area contributed by atoms with Crippen molar-refractivity contribution in [1.29, 1.82) is 0 Å². The third-order valence-electron chi connectivity index (χ3n) is 0.442.